The van der Waals surface area contributed by atoms with Gasteiger partial charge >= 0.3 is 0 Å². The van der Waals surface area contributed by atoms with Crippen LogP contribution in [0, 0.1) is 17.3 Å². The highest BCUT2D eigenvalue weighted by Gasteiger charge is 2.16. The Morgan fingerprint density at radius 3 is 2.55 bits per heavy atom. The summed E-state index contributed by atoms with van der Waals surface area (Å²) in [5, 5.41) is 17.6. The van der Waals surface area contributed by atoms with Crippen LogP contribution in [0.4, 0.5) is 10.2 Å². The number of fused-ring (bicyclic) bond motifs is 1. The van der Waals surface area contributed by atoms with E-state index in [-0.39, 0.29) is 17.7 Å². The van der Waals surface area contributed by atoms with Crippen molar-refractivity contribution in [3.8, 4) is 17.3 Å². The fraction of sp³-hybridized carbons (Fsp3) is 0.200. The number of nitriles is 1. The molecule has 2 heterocycles. The summed E-state index contributed by atoms with van der Waals surface area (Å²) in [6, 6.07) is 19.3. The summed E-state index contributed by atoms with van der Waals surface area (Å²) in [5.74, 6) is -0.254. The number of aromatic nitrogens is 3. The molecule has 1 N–H and O–H groups in total. The van der Waals surface area contributed by atoms with Gasteiger partial charge in [-0.2, -0.15) is 14.8 Å². The maximum absolute atomic E-state index is 15.0. The third kappa shape index (κ3) is 4.89. The summed E-state index contributed by atoms with van der Waals surface area (Å²) in [5.41, 5.74) is 1.61. The molecule has 0 aliphatic rings. The first kappa shape index (κ1) is 22.1. The van der Waals surface area contributed by atoms with Gasteiger partial charge in [-0.3, -0.25) is 4.79 Å². The quantitative estimate of drug-likeness (QED) is 0.327. The van der Waals surface area contributed by atoms with Gasteiger partial charge in [0.1, 0.15) is 11.5 Å². The van der Waals surface area contributed by atoms with Crippen molar-refractivity contribution < 1.29 is 9.13 Å². The number of rotatable bonds is 8. The summed E-state index contributed by atoms with van der Waals surface area (Å²) in [6.45, 7) is 1.40. The van der Waals surface area contributed by atoms with Crippen LogP contribution in [-0.2, 0) is 11.3 Å². The maximum Gasteiger partial charge on any atom is 0.274 e. The first-order valence-electron chi connectivity index (χ1n) is 10.5. The number of pyridine rings is 1. The van der Waals surface area contributed by atoms with E-state index < -0.39 is 5.95 Å². The van der Waals surface area contributed by atoms with Crippen LogP contribution in [0.15, 0.2) is 65.5 Å². The van der Waals surface area contributed by atoms with Crippen LogP contribution < -0.4 is 10.9 Å². The van der Waals surface area contributed by atoms with E-state index in [2.05, 4.69) is 21.5 Å². The van der Waals surface area contributed by atoms with E-state index in [0.717, 1.165) is 12.0 Å². The predicted molar refractivity (Wildman–Crippen MR) is 124 cm³/mol. The lowest BCUT2D eigenvalue weighted by molar-refractivity contribution is 0.197. The van der Waals surface area contributed by atoms with Gasteiger partial charge in [-0.05, 0) is 42.3 Å². The van der Waals surface area contributed by atoms with Crippen molar-refractivity contribution in [2.24, 2.45) is 0 Å². The van der Waals surface area contributed by atoms with E-state index in [1.807, 2.05) is 0 Å². The van der Waals surface area contributed by atoms with Crippen LogP contribution in [0.1, 0.15) is 17.5 Å². The first-order valence-corrected chi connectivity index (χ1v) is 10.5. The molecule has 0 fully saturated rings. The number of halogens is 1. The summed E-state index contributed by atoms with van der Waals surface area (Å²) in [7, 11) is 1.63. The minimum atomic E-state index is -0.673. The zero-order chi connectivity index (χ0) is 23.2. The second-order valence-electron chi connectivity index (χ2n) is 7.47. The fourth-order valence-electron chi connectivity index (χ4n) is 3.54. The van der Waals surface area contributed by atoms with E-state index >= 15 is 4.39 Å². The standard InChI is InChI=1S/C25H22FN5O2/c1-33-14-4-13-28-22-12-11-21(24(26)29-22)23-19-5-2-3-6-20(19)25(32)31(30-23)16-18-9-7-17(15-27)8-10-18/h2-3,5-12H,4,13-14,16H2,1H3,(H,28,29). The molecule has 0 amide bonds. The highest BCUT2D eigenvalue weighted by molar-refractivity contribution is 5.93. The van der Waals surface area contributed by atoms with Gasteiger partial charge in [-0.1, -0.05) is 30.3 Å². The molecule has 0 aliphatic heterocycles. The third-order valence-corrected chi connectivity index (χ3v) is 5.22. The SMILES string of the molecule is COCCCNc1ccc(-c2nn(Cc3ccc(C#N)cc3)c(=O)c3ccccc23)c(F)n1. The smallest absolute Gasteiger partial charge is 0.274 e. The highest BCUT2D eigenvalue weighted by atomic mass is 19.1. The van der Waals surface area contributed by atoms with E-state index in [4.69, 9.17) is 10.00 Å². The van der Waals surface area contributed by atoms with Crippen molar-refractivity contribution >= 4 is 16.6 Å². The monoisotopic (exact) mass is 443 g/mol. The van der Waals surface area contributed by atoms with Gasteiger partial charge in [0.05, 0.1) is 29.1 Å². The molecule has 33 heavy (non-hydrogen) atoms. The molecule has 0 radical (unpaired) electrons. The molecule has 0 unspecified atom stereocenters. The minimum absolute atomic E-state index is 0.191. The molecule has 8 heteroatoms. The van der Waals surface area contributed by atoms with E-state index in [1.165, 1.54) is 4.68 Å². The number of benzene rings is 2. The molecule has 7 nitrogen and oxygen atoms in total. The van der Waals surface area contributed by atoms with Crippen LogP contribution >= 0.6 is 0 Å². The largest absolute Gasteiger partial charge is 0.385 e. The molecule has 166 valence electrons. The molecule has 2 aromatic carbocycles. The van der Waals surface area contributed by atoms with E-state index in [0.29, 0.717) is 41.0 Å². The molecule has 2 aromatic heterocycles. The zero-order valence-corrected chi connectivity index (χ0v) is 18.1. The lowest BCUT2D eigenvalue weighted by Crippen LogP contribution is -2.24. The number of hydrogen-bond donors (Lipinski definition) is 1. The van der Waals surface area contributed by atoms with Crippen LogP contribution in [0.3, 0.4) is 0 Å². The summed E-state index contributed by atoms with van der Waals surface area (Å²) in [4.78, 5) is 17.1. The van der Waals surface area contributed by atoms with Crippen molar-refractivity contribution in [1.29, 1.82) is 5.26 Å². The van der Waals surface area contributed by atoms with Crippen molar-refractivity contribution in [1.82, 2.24) is 14.8 Å². The van der Waals surface area contributed by atoms with Gasteiger partial charge in [0.15, 0.2) is 0 Å². The summed E-state index contributed by atoms with van der Waals surface area (Å²) >= 11 is 0. The number of anilines is 1. The molecular formula is C25H22FN5O2. The average molecular weight is 443 g/mol. The van der Waals surface area contributed by atoms with Gasteiger partial charge in [0, 0.05) is 25.6 Å². The Morgan fingerprint density at radius 2 is 1.85 bits per heavy atom. The topological polar surface area (TPSA) is 92.8 Å². The Labute approximate surface area is 190 Å². The molecule has 0 saturated carbocycles. The molecule has 0 aliphatic carbocycles. The summed E-state index contributed by atoms with van der Waals surface area (Å²) < 4.78 is 21.4. The van der Waals surface area contributed by atoms with Crippen molar-refractivity contribution in [2.75, 3.05) is 25.6 Å². The number of nitrogens with one attached hydrogen (secondary N) is 1. The highest BCUT2D eigenvalue weighted by Crippen LogP contribution is 2.27. The molecule has 0 atom stereocenters. The van der Waals surface area contributed by atoms with Gasteiger partial charge < -0.3 is 10.1 Å². The second-order valence-corrected chi connectivity index (χ2v) is 7.47. The molecule has 0 bridgehead atoms. The van der Waals surface area contributed by atoms with Crippen LogP contribution in [-0.4, -0.2) is 35.0 Å². The van der Waals surface area contributed by atoms with Crippen LogP contribution in [0.2, 0.25) is 0 Å². The average Bonchev–Trinajstić information content (AvgIpc) is 2.84. The number of hydrogen-bond acceptors (Lipinski definition) is 6. The Kier molecular flexibility index (Phi) is 6.72. The molecule has 4 aromatic rings. The minimum Gasteiger partial charge on any atom is -0.385 e. The Balaban J connectivity index is 1.73. The van der Waals surface area contributed by atoms with Crippen LogP contribution in [0.5, 0.6) is 0 Å². The Morgan fingerprint density at radius 1 is 1.09 bits per heavy atom. The Hall–Kier alpha value is -4.09. The lowest BCUT2D eigenvalue weighted by atomic mass is 10.1. The van der Waals surface area contributed by atoms with Crippen LogP contribution in [0.25, 0.3) is 22.0 Å². The van der Waals surface area contributed by atoms with Gasteiger partial charge in [-0.15, -0.1) is 0 Å². The van der Waals surface area contributed by atoms with Crippen molar-refractivity contribution in [2.45, 2.75) is 13.0 Å². The first-order chi connectivity index (χ1) is 16.1. The van der Waals surface area contributed by atoms with Gasteiger partial charge in [0.2, 0.25) is 5.95 Å². The van der Waals surface area contributed by atoms with Gasteiger partial charge in [0.25, 0.3) is 5.56 Å². The number of methoxy groups -OCH3 is 1. The zero-order valence-electron chi connectivity index (χ0n) is 18.1. The molecular weight excluding hydrogens is 421 g/mol. The van der Waals surface area contributed by atoms with Crippen molar-refractivity contribution in [3.05, 3.63) is 88.1 Å². The number of ether oxygens (including phenoxy) is 1. The fourth-order valence-corrected chi connectivity index (χ4v) is 3.54. The summed E-state index contributed by atoms with van der Waals surface area (Å²) in [6.07, 6.45) is 0.772. The van der Waals surface area contributed by atoms with E-state index in [9.17, 15) is 4.79 Å². The predicted octanol–water partition coefficient (Wildman–Crippen LogP) is 3.97. The molecule has 0 spiro atoms. The lowest BCUT2D eigenvalue weighted by Gasteiger charge is -2.13. The van der Waals surface area contributed by atoms with Crippen molar-refractivity contribution in [3.63, 3.8) is 0 Å². The maximum atomic E-state index is 15.0. The normalized spacial score (nSPS) is 10.8. The third-order valence-electron chi connectivity index (χ3n) is 5.22. The van der Waals surface area contributed by atoms with E-state index in [1.54, 1.807) is 67.8 Å². The Bertz CT molecular complexity index is 1380. The molecule has 4 rings (SSSR count). The molecule has 0 saturated heterocycles. The second kappa shape index (κ2) is 10.0. The number of nitrogens with zero attached hydrogens (tertiary/aromatic N) is 4. The van der Waals surface area contributed by atoms with Gasteiger partial charge in [-0.25, -0.2) is 9.67 Å².